The minimum atomic E-state index is -1.02. The topological polar surface area (TPSA) is 29.5 Å². The molecule has 4 heteroatoms. The molecule has 0 spiro atoms. The van der Waals surface area contributed by atoms with Crippen molar-refractivity contribution in [3.8, 4) is 5.75 Å². The van der Waals surface area contributed by atoms with Gasteiger partial charge in [0.15, 0.2) is 0 Å². The molecule has 1 aliphatic carbocycles. The van der Waals surface area contributed by atoms with Crippen LogP contribution in [-0.2, 0) is 0 Å². The second-order valence-electron chi connectivity index (χ2n) is 4.93. The van der Waals surface area contributed by atoms with Crippen molar-refractivity contribution in [2.75, 3.05) is 0 Å². The third-order valence-electron chi connectivity index (χ3n) is 3.27. The number of halogens is 2. The van der Waals surface area contributed by atoms with E-state index in [1.54, 1.807) is 24.3 Å². The van der Waals surface area contributed by atoms with Gasteiger partial charge in [-0.1, -0.05) is 34.1 Å². The summed E-state index contributed by atoms with van der Waals surface area (Å²) in [7, 11) is 0. The van der Waals surface area contributed by atoms with Crippen molar-refractivity contribution in [1.29, 1.82) is 0 Å². The van der Waals surface area contributed by atoms with Crippen LogP contribution in [0.15, 0.2) is 46.9 Å². The van der Waals surface area contributed by atoms with Crippen LogP contribution in [0.1, 0.15) is 30.1 Å². The molecule has 1 aliphatic rings. The van der Waals surface area contributed by atoms with E-state index in [1.807, 2.05) is 12.1 Å². The maximum absolute atomic E-state index is 13.9. The fourth-order valence-electron chi connectivity index (χ4n) is 2.07. The van der Waals surface area contributed by atoms with Crippen molar-refractivity contribution in [1.82, 2.24) is 0 Å². The van der Waals surface area contributed by atoms with E-state index in [2.05, 4.69) is 15.9 Å². The fraction of sp³-hybridized carbons (Fsp3) is 0.250. The Morgan fingerprint density at radius 1 is 1.20 bits per heavy atom. The van der Waals surface area contributed by atoms with Crippen LogP contribution < -0.4 is 4.74 Å². The SMILES string of the molecule is OC(c1cccc(OC2CC2)c1)c1c(F)cccc1Br. The Hall–Kier alpha value is -1.39. The predicted molar refractivity (Wildman–Crippen MR) is 78.3 cm³/mol. The molecule has 0 heterocycles. The average molecular weight is 337 g/mol. The minimum Gasteiger partial charge on any atom is -0.490 e. The molecule has 2 nitrogen and oxygen atoms in total. The third kappa shape index (κ3) is 2.86. The van der Waals surface area contributed by atoms with E-state index in [0.717, 1.165) is 18.6 Å². The summed E-state index contributed by atoms with van der Waals surface area (Å²) >= 11 is 3.28. The first-order valence-corrected chi connectivity index (χ1v) is 7.33. The van der Waals surface area contributed by atoms with Gasteiger partial charge in [0.2, 0.25) is 0 Å². The van der Waals surface area contributed by atoms with E-state index in [-0.39, 0.29) is 5.56 Å². The molecule has 2 aromatic rings. The fourth-order valence-corrected chi connectivity index (χ4v) is 2.63. The molecule has 1 N–H and O–H groups in total. The molecule has 3 rings (SSSR count). The summed E-state index contributed by atoms with van der Waals surface area (Å²) in [6, 6.07) is 11.9. The van der Waals surface area contributed by atoms with Gasteiger partial charge in [0.25, 0.3) is 0 Å². The summed E-state index contributed by atoms with van der Waals surface area (Å²) in [6.45, 7) is 0. The van der Waals surface area contributed by atoms with Crippen molar-refractivity contribution in [2.45, 2.75) is 25.0 Å². The molecular weight excluding hydrogens is 323 g/mol. The maximum atomic E-state index is 13.9. The third-order valence-corrected chi connectivity index (χ3v) is 3.97. The first-order chi connectivity index (χ1) is 9.65. The van der Waals surface area contributed by atoms with E-state index in [0.29, 0.717) is 16.1 Å². The van der Waals surface area contributed by atoms with Crippen molar-refractivity contribution >= 4 is 15.9 Å². The van der Waals surface area contributed by atoms with Gasteiger partial charge >= 0.3 is 0 Å². The Morgan fingerprint density at radius 2 is 1.95 bits per heavy atom. The molecule has 20 heavy (non-hydrogen) atoms. The lowest BCUT2D eigenvalue weighted by atomic mass is 10.0. The van der Waals surface area contributed by atoms with Crippen LogP contribution in [0, 0.1) is 5.82 Å². The molecule has 1 unspecified atom stereocenters. The quantitative estimate of drug-likeness (QED) is 0.906. The molecule has 0 aliphatic heterocycles. The summed E-state index contributed by atoms with van der Waals surface area (Å²) in [4.78, 5) is 0. The first-order valence-electron chi connectivity index (χ1n) is 6.54. The highest BCUT2D eigenvalue weighted by atomic mass is 79.9. The van der Waals surface area contributed by atoms with Crippen molar-refractivity contribution in [3.05, 3.63) is 63.9 Å². The van der Waals surface area contributed by atoms with Gasteiger partial charge in [-0.2, -0.15) is 0 Å². The lowest BCUT2D eigenvalue weighted by Gasteiger charge is -2.15. The maximum Gasteiger partial charge on any atom is 0.130 e. The van der Waals surface area contributed by atoms with Gasteiger partial charge in [-0.05, 0) is 42.7 Å². The lowest BCUT2D eigenvalue weighted by Crippen LogP contribution is -2.04. The highest BCUT2D eigenvalue weighted by Crippen LogP contribution is 2.33. The van der Waals surface area contributed by atoms with Crippen LogP contribution in [-0.4, -0.2) is 11.2 Å². The second kappa shape index (κ2) is 5.54. The van der Waals surface area contributed by atoms with Crippen LogP contribution in [0.25, 0.3) is 0 Å². The van der Waals surface area contributed by atoms with Gasteiger partial charge in [0, 0.05) is 10.0 Å². The molecule has 1 saturated carbocycles. The van der Waals surface area contributed by atoms with E-state index >= 15 is 0 Å². The molecule has 1 atom stereocenters. The molecule has 1 fully saturated rings. The Morgan fingerprint density at radius 3 is 2.65 bits per heavy atom. The number of rotatable bonds is 4. The van der Waals surface area contributed by atoms with Gasteiger partial charge < -0.3 is 9.84 Å². The number of aliphatic hydroxyl groups is 1. The number of aliphatic hydroxyl groups excluding tert-OH is 1. The average Bonchev–Trinajstić information content (AvgIpc) is 3.22. The number of hydrogen-bond acceptors (Lipinski definition) is 2. The zero-order valence-corrected chi connectivity index (χ0v) is 12.3. The highest BCUT2D eigenvalue weighted by molar-refractivity contribution is 9.10. The van der Waals surface area contributed by atoms with Crippen LogP contribution in [0.4, 0.5) is 4.39 Å². The molecule has 0 aromatic heterocycles. The number of hydrogen-bond donors (Lipinski definition) is 1. The number of ether oxygens (including phenoxy) is 1. The zero-order valence-electron chi connectivity index (χ0n) is 10.7. The van der Waals surface area contributed by atoms with Gasteiger partial charge in [0.05, 0.1) is 6.10 Å². The predicted octanol–water partition coefficient (Wildman–Crippen LogP) is 4.21. The Labute approximate surface area is 125 Å². The summed E-state index contributed by atoms with van der Waals surface area (Å²) in [5, 5.41) is 10.4. The Kier molecular flexibility index (Phi) is 3.76. The largest absolute Gasteiger partial charge is 0.490 e. The Bertz CT molecular complexity index is 605. The first kappa shape index (κ1) is 13.6. The lowest BCUT2D eigenvalue weighted by molar-refractivity contribution is 0.213. The standard InChI is InChI=1S/C16H14BrFO2/c17-13-5-2-6-14(18)15(13)16(19)10-3-1-4-12(9-10)20-11-7-8-11/h1-6,9,11,16,19H,7-8H2. The van der Waals surface area contributed by atoms with E-state index in [9.17, 15) is 9.50 Å². The molecule has 0 amide bonds. The van der Waals surface area contributed by atoms with Crippen molar-refractivity contribution in [3.63, 3.8) is 0 Å². The summed E-state index contributed by atoms with van der Waals surface area (Å²) in [5.74, 6) is 0.289. The van der Waals surface area contributed by atoms with E-state index in [1.165, 1.54) is 6.07 Å². The van der Waals surface area contributed by atoms with Crippen LogP contribution >= 0.6 is 15.9 Å². The highest BCUT2D eigenvalue weighted by Gasteiger charge is 2.24. The van der Waals surface area contributed by atoms with Gasteiger partial charge in [0.1, 0.15) is 17.7 Å². The molecule has 0 bridgehead atoms. The smallest absolute Gasteiger partial charge is 0.130 e. The molecule has 0 radical (unpaired) electrons. The summed E-state index contributed by atoms with van der Waals surface area (Å²) in [6.07, 6.45) is 1.42. The van der Waals surface area contributed by atoms with E-state index in [4.69, 9.17) is 4.74 Å². The zero-order chi connectivity index (χ0) is 14.1. The van der Waals surface area contributed by atoms with Gasteiger partial charge in [-0.15, -0.1) is 0 Å². The van der Waals surface area contributed by atoms with Crippen LogP contribution in [0.5, 0.6) is 5.75 Å². The van der Waals surface area contributed by atoms with Crippen molar-refractivity contribution in [2.24, 2.45) is 0 Å². The minimum absolute atomic E-state index is 0.246. The molecule has 104 valence electrons. The van der Waals surface area contributed by atoms with Gasteiger partial charge in [-0.25, -0.2) is 4.39 Å². The number of benzene rings is 2. The summed E-state index contributed by atoms with van der Waals surface area (Å²) < 4.78 is 20.1. The van der Waals surface area contributed by atoms with Crippen LogP contribution in [0.3, 0.4) is 0 Å². The van der Waals surface area contributed by atoms with E-state index < -0.39 is 11.9 Å². The molecular formula is C16H14BrFO2. The second-order valence-corrected chi connectivity index (χ2v) is 5.78. The monoisotopic (exact) mass is 336 g/mol. The Balaban J connectivity index is 1.91. The van der Waals surface area contributed by atoms with Crippen molar-refractivity contribution < 1.29 is 14.2 Å². The normalized spacial score (nSPS) is 15.9. The van der Waals surface area contributed by atoms with Crippen LogP contribution in [0.2, 0.25) is 0 Å². The van der Waals surface area contributed by atoms with Gasteiger partial charge in [-0.3, -0.25) is 0 Å². The summed E-state index contributed by atoms with van der Waals surface area (Å²) in [5.41, 5.74) is 0.866. The molecule has 2 aromatic carbocycles. The molecule has 0 saturated heterocycles.